The van der Waals surface area contributed by atoms with E-state index in [0.717, 1.165) is 12.8 Å². The molecule has 0 aromatic heterocycles. The van der Waals surface area contributed by atoms with Crippen molar-refractivity contribution in [2.24, 2.45) is 11.7 Å². The van der Waals surface area contributed by atoms with E-state index in [1.165, 1.54) is 19.2 Å². The number of amides is 1. The maximum atomic E-state index is 12.6. The lowest BCUT2D eigenvalue weighted by atomic mass is 9.95. The van der Waals surface area contributed by atoms with Gasteiger partial charge in [0.2, 0.25) is 10.0 Å². The number of ether oxygens (including phenoxy) is 1. The zero-order valence-corrected chi connectivity index (χ0v) is 17.2. The van der Waals surface area contributed by atoms with Gasteiger partial charge in [-0.25, -0.2) is 13.1 Å². The van der Waals surface area contributed by atoms with Crippen molar-refractivity contribution in [3.8, 4) is 5.75 Å². The van der Waals surface area contributed by atoms with Gasteiger partial charge in [-0.1, -0.05) is 0 Å². The Balaban J connectivity index is 0.00000338. The third kappa shape index (κ3) is 5.09. The normalized spacial score (nSPS) is 16.5. The maximum absolute atomic E-state index is 12.6. The second kappa shape index (κ2) is 8.56. The molecule has 0 radical (unpaired) electrons. The summed E-state index contributed by atoms with van der Waals surface area (Å²) in [5.74, 6) is 0.211. The van der Waals surface area contributed by atoms with Gasteiger partial charge < -0.3 is 15.8 Å². The summed E-state index contributed by atoms with van der Waals surface area (Å²) in [6.07, 6.45) is 2.07. The van der Waals surface area contributed by atoms with Crippen molar-refractivity contribution in [3.63, 3.8) is 0 Å². The molecule has 26 heavy (non-hydrogen) atoms. The number of nitrogens with two attached hydrogens (primary N) is 1. The van der Waals surface area contributed by atoms with Crippen LogP contribution in [-0.2, 0) is 10.0 Å². The van der Waals surface area contributed by atoms with Crippen molar-refractivity contribution in [1.82, 2.24) is 10.0 Å². The maximum Gasteiger partial charge on any atom is 0.251 e. The van der Waals surface area contributed by atoms with Crippen LogP contribution in [-0.4, -0.2) is 39.6 Å². The number of hydrogen-bond donors (Lipinski definition) is 3. The Morgan fingerprint density at radius 1 is 1.38 bits per heavy atom. The Morgan fingerprint density at radius 2 is 2.00 bits per heavy atom. The lowest BCUT2D eigenvalue weighted by molar-refractivity contribution is 0.0897. The fourth-order valence-electron chi connectivity index (χ4n) is 2.77. The Bertz CT molecular complexity index is 750. The standard InChI is InChI=1S/C17H27N3O4S.ClH/c1-11(2)20-25(22,23)15-9-12(5-8-14(15)24-4)16(21)19-17(3,10-18)13-6-7-13;/h5,8-9,11,13,20H,6-7,10,18H2,1-4H3,(H,19,21);1H. The fraction of sp³-hybridized carbons (Fsp3) is 0.588. The molecule has 1 aliphatic rings. The molecule has 9 heteroatoms. The van der Waals surface area contributed by atoms with Crippen LogP contribution in [0.25, 0.3) is 0 Å². The van der Waals surface area contributed by atoms with Crippen LogP contribution in [0.15, 0.2) is 23.1 Å². The first kappa shape index (κ1) is 22.7. The Labute approximate surface area is 161 Å². The average Bonchev–Trinajstić information content (AvgIpc) is 3.38. The first-order valence-electron chi connectivity index (χ1n) is 8.36. The minimum atomic E-state index is -3.79. The van der Waals surface area contributed by atoms with E-state index in [0.29, 0.717) is 12.5 Å². The lowest BCUT2D eigenvalue weighted by Gasteiger charge is -2.29. The van der Waals surface area contributed by atoms with Gasteiger partial charge in [-0.15, -0.1) is 12.4 Å². The van der Waals surface area contributed by atoms with Gasteiger partial charge >= 0.3 is 0 Å². The van der Waals surface area contributed by atoms with Crippen LogP contribution in [0.3, 0.4) is 0 Å². The Kier molecular flexibility index (Phi) is 7.47. The summed E-state index contributed by atoms with van der Waals surface area (Å²) < 4.78 is 32.7. The molecule has 0 aliphatic heterocycles. The summed E-state index contributed by atoms with van der Waals surface area (Å²) in [4.78, 5) is 12.6. The highest BCUT2D eigenvalue weighted by Crippen LogP contribution is 2.39. The van der Waals surface area contributed by atoms with Crippen LogP contribution in [0.1, 0.15) is 44.0 Å². The van der Waals surface area contributed by atoms with Gasteiger partial charge in [0.1, 0.15) is 10.6 Å². The van der Waals surface area contributed by atoms with Gasteiger partial charge in [0, 0.05) is 18.2 Å². The van der Waals surface area contributed by atoms with Gasteiger partial charge in [0.15, 0.2) is 0 Å². The third-order valence-electron chi connectivity index (χ3n) is 4.41. The number of methoxy groups -OCH3 is 1. The molecule has 1 unspecified atom stereocenters. The molecule has 0 saturated heterocycles. The zero-order valence-electron chi connectivity index (χ0n) is 15.5. The highest BCUT2D eigenvalue weighted by molar-refractivity contribution is 7.89. The second-order valence-electron chi connectivity index (χ2n) is 6.99. The summed E-state index contributed by atoms with van der Waals surface area (Å²) in [6, 6.07) is 4.10. The molecule has 4 N–H and O–H groups in total. The van der Waals surface area contributed by atoms with E-state index < -0.39 is 15.6 Å². The summed E-state index contributed by atoms with van der Waals surface area (Å²) in [6.45, 7) is 5.70. The van der Waals surface area contributed by atoms with Crippen LogP contribution in [0.2, 0.25) is 0 Å². The van der Waals surface area contributed by atoms with Gasteiger partial charge in [-0.3, -0.25) is 4.79 Å². The fourth-order valence-corrected chi connectivity index (χ4v) is 4.22. The minimum Gasteiger partial charge on any atom is -0.495 e. The predicted octanol–water partition coefficient (Wildman–Crippen LogP) is 1.66. The number of nitrogens with one attached hydrogen (secondary N) is 2. The van der Waals surface area contributed by atoms with E-state index in [4.69, 9.17) is 10.5 Å². The van der Waals surface area contributed by atoms with Crippen LogP contribution in [0.5, 0.6) is 5.75 Å². The summed E-state index contributed by atoms with van der Waals surface area (Å²) in [5, 5.41) is 2.96. The van der Waals surface area contributed by atoms with E-state index in [2.05, 4.69) is 10.0 Å². The molecule has 0 bridgehead atoms. The van der Waals surface area contributed by atoms with Crippen molar-refractivity contribution < 1.29 is 17.9 Å². The number of carbonyl (C=O) groups is 1. The van der Waals surface area contributed by atoms with Crippen molar-refractivity contribution >= 4 is 28.3 Å². The molecule has 1 aromatic carbocycles. The molecular weight excluding hydrogens is 378 g/mol. The van der Waals surface area contributed by atoms with Crippen molar-refractivity contribution in [2.45, 2.75) is 50.1 Å². The molecule has 1 atom stereocenters. The van der Waals surface area contributed by atoms with Crippen LogP contribution < -0.4 is 20.5 Å². The largest absolute Gasteiger partial charge is 0.495 e. The molecule has 2 rings (SSSR count). The Hall–Kier alpha value is -1.35. The van der Waals surface area contributed by atoms with E-state index in [-0.39, 0.29) is 40.6 Å². The number of benzene rings is 1. The average molecular weight is 406 g/mol. The molecule has 1 aromatic rings. The zero-order chi connectivity index (χ0) is 18.8. The molecule has 1 fully saturated rings. The van der Waals surface area contributed by atoms with Gasteiger partial charge in [-0.05, 0) is 57.7 Å². The summed E-state index contributed by atoms with van der Waals surface area (Å²) in [5.41, 5.74) is 5.61. The number of carbonyl (C=O) groups excluding carboxylic acids is 1. The van der Waals surface area contributed by atoms with Crippen molar-refractivity contribution in [3.05, 3.63) is 23.8 Å². The Morgan fingerprint density at radius 3 is 2.46 bits per heavy atom. The first-order valence-corrected chi connectivity index (χ1v) is 9.84. The number of hydrogen-bond acceptors (Lipinski definition) is 5. The van der Waals surface area contributed by atoms with E-state index in [1.54, 1.807) is 19.9 Å². The molecular formula is C17H28ClN3O4S. The molecule has 7 nitrogen and oxygen atoms in total. The van der Waals surface area contributed by atoms with E-state index >= 15 is 0 Å². The molecule has 0 heterocycles. The van der Waals surface area contributed by atoms with Crippen LogP contribution in [0.4, 0.5) is 0 Å². The number of halogens is 1. The quantitative estimate of drug-likeness (QED) is 0.609. The van der Waals surface area contributed by atoms with Gasteiger partial charge in [0.05, 0.1) is 12.6 Å². The monoisotopic (exact) mass is 405 g/mol. The molecule has 148 valence electrons. The van der Waals surface area contributed by atoms with E-state index in [1.807, 2.05) is 6.92 Å². The summed E-state index contributed by atoms with van der Waals surface area (Å²) >= 11 is 0. The molecule has 1 amide bonds. The lowest BCUT2D eigenvalue weighted by Crippen LogP contribution is -2.53. The smallest absolute Gasteiger partial charge is 0.251 e. The number of rotatable bonds is 8. The van der Waals surface area contributed by atoms with Gasteiger partial charge in [-0.2, -0.15) is 0 Å². The van der Waals surface area contributed by atoms with Crippen LogP contribution in [0, 0.1) is 5.92 Å². The number of sulfonamides is 1. The predicted molar refractivity (Wildman–Crippen MR) is 103 cm³/mol. The molecule has 1 saturated carbocycles. The summed E-state index contributed by atoms with van der Waals surface area (Å²) in [7, 11) is -2.40. The minimum absolute atomic E-state index is 0. The topological polar surface area (TPSA) is 111 Å². The van der Waals surface area contributed by atoms with E-state index in [9.17, 15) is 13.2 Å². The third-order valence-corrected chi connectivity index (χ3v) is 6.09. The highest BCUT2D eigenvalue weighted by Gasteiger charge is 2.41. The molecule has 1 aliphatic carbocycles. The highest BCUT2D eigenvalue weighted by atomic mass is 35.5. The second-order valence-corrected chi connectivity index (χ2v) is 8.67. The molecule has 0 spiro atoms. The van der Waals surface area contributed by atoms with Crippen molar-refractivity contribution in [1.29, 1.82) is 0 Å². The first-order chi connectivity index (χ1) is 11.6. The SMILES string of the molecule is COc1ccc(C(=O)NC(C)(CN)C2CC2)cc1S(=O)(=O)NC(C)C.Cl. The van der Waals surface area contributed by atoms with Gasteiger partial charge in [0.25, 0.3) is 5.91 Å². The van der Waals surface area contributed by atoms with Crippen molar-refractivity contribution in [2.75, 3.05) is 13.7 Å². The van der Waals surface area contributed by atoms with Crippen LogP contribution >= 0.6 is 12.4 Å².